The molecule has 0 bridgehead atoms. The van der Waals surface area contributed by atoms with E-state index in [-0.39, 0.29) is 5.41 Å². The van der Waals surface area contributed by atoms with Crippen molar-refractivity contribution in [1.82, 2.24) is 4.98 Å². The van der Waals surface area contributed by atoms with Gasteiger partial charge >= 0.3 is 0 Å². The van der Waals surface area contributed by atoms with Gasteiger partial charge in [0.05, 0.1) is 17.4 Å². The fourth-order valence-electron chi connectivity index (χ4n) is 3.57. The first kappa shape index (κ1) is 14.7. The van der Waals surface area contributed by atoms with Gasteiger partial charge in [-0.2, -0.15) is 0 Å². The summed E-state index contributed by atoms with van der Waals surface area (Å²) in [6, 6.07) is 4.95. The van der Waals surface area contributed by atoms with E-state index in [1.807, 2.05) is 6.20 Å². The second kappa shape index (κ2) is 4.66. The van der Waals surface area contributed by atoms with Crippen molar-refractivity contribution in [2.24, 2.45) is 22.2 Å². The lowest BCUT2D eigenvalue weighted by Crippen LogP contribution is -2.30. The van der Waals surface area contributed by atoms with Crippen LogP contribution in [0.4, 0.5) is 0 Å². The molecule has 3 atom stereocenters. The lowest BCUT2D eigenvalue weighted by Gasteiger charge is -2.33. The minimum atomic E-state index is 0.165. The molecule has 0 radical (unpaired) electrons. The molecule has 1 fully saturated rings. The smallest absolute Gasteiger partial charge is 0.0843 e. The highest BCUT2D eigenvalue weighted by atomic mass is 14.9. The van der Waals surface area contributed by atoms with Gasteiger partial charge in [0.15, 0.2) is 0 Å². The van der Waals surface area contributed by atoms with Crippen LogP contribution in [0.5, 0.6) is 0 Å². The minimum absolute atomic E-state index is 0.165. The Bertz CT molecular complexity index is 572. The summed E-state index contributed by atoms with van der Waals surface area (Å²) < 4.78 is 0. The Morgan fingerprint density at radius 1 is 1.10 bits per heavy atom. The summed E-state index contributed by atoms with van der Waals surface area (Å²) in [4.78, 5) is 9.58. The van der Waals surface area contributed by atoms with E-state index >= 15 is 0 Å². The summed E-state index contributed by atoms with van der Waals surface area (Å²) in [6.45, 7) is 13.9. The van der Waals surface area contributed by atoms with Crippen molar-refractivity contribution >= 4 is 5.71 Å². The molecular weight excluding hydrogens is 256 g/mol. The first-order valence-corrected chi connectivity index (χ1v) is 8.20. The minimum Gasteiger partial charge on any atom is -0.284 e. The van der Waals surface area contributed by atoms with Gasteiger partial charge in [-0.15, -0.1) is 0 Å². The fourth-order valence-corrected chi connectivity index (χ4v) is 3.57. The van der Waals surface area contributed by atoms with E-state index in [4.69, 9.17) is 4.99 Å². The second-order valence-electron chi connectivity index (χ2n) is 8.90. The average Bonchev–Trinajstić information content (AvgIpc) is 3.14. The van der Waals surface area contributed by atoms with Crippen molar-refractivity contribution in [3.63, 3.8) is 0 Å². The van der Waals surface area contributed by atoms with Crippen molar-refractivity contribution in [2.75, 3.05) is 0 Å². The Kier molecular flexibility index (Phi) is 3.27. The quantitative estimate of drug-likeness (QED) is 0.738. The standard InChI is InChI=1S/C19H28N2/c1-18(2,3)12-7-8-20-16(9-12)17-11-14(19(4,5)6)13-10-15(13)21-17/h7-9,13-15H,10-11H2,1-6H3. The van der Waals surface area contributed by atoms with Crippen molar-refractivity contribution in [3.8, 4) is 0 Å². The van der Waals surface area contributed by atoms with E-state index in [9.17, 15) is 0 Å². The fraction of sp³-hybridized carbons (Fsp3) is 0.684. The van der Waals surface area contributed by atoms with Crippen LogP contribution in [0.2, 0.25) is 0 Å². The lowest BCUT2D eigenvalue weighted by atomic mass is 9.73. The maximum atomic E-state index is 4.97. The van der Waals surface area contributed by atoms with Crippen LogP contribution in [-0.4, -0.2) is 16.7 Å². The van der Waals surface area contributed by atoms with Crippen LogP contribution in [0, 0.1) is 17.3 Å². The third-order valence-corrected chi connectivity index (χ3v) is 5.09. The first-order valence-electron chi connectivity index (χ1n) is 8.20. The van der Waals surface area contributed by atoms with Crippen LogP contribution < -0.4 is 0 Å². The predicted octanol–water partition coefficient (Wildman–Crippen LogP) is 4.62. The third kappa shape index (κ3) is 2.90. The van der Waals surface area contributed by atoms with E-state index < -0.39 is 0 Å². The number of aromatic nitrogens is 1. The molecule has 0 aromatic carbocycles. The zero-order chi connectivity index (χ0) is 15.4. The number of aliphatic imine (C=N–C) groups is 1. The van der Waals surface area contributed by atoms with Gasteiger partial charge in [-0.05, 0) is 53.2 Å². The molecule has 0 N–H and O–H groups in total. The van der Waals surface area contributed by atoms with Crippen LogP contribution in [0.15, 0.2) is 23.3 Å². The Labute approximate surface area is 129 Å². The number of fused-ring (bicyclic) bond motifs is 1. The number of hydrogen-bond donors (Lipinski definition) is 0. The molecule has 3 unspecified atom stereocenters. The summed E-state index contributed by atoms with van der Waals surface area (Å²) in [6.07, 6.45) is 4.32. The molecule has 3 rings (SSSR count). The van der Waals surface area contributed by atoms with Crippen molar-refractivity contribution in [2.45, 2.75) is 65.8 Å². The maximum Gasteiger partial charge on any atom is 0.0843 e. The van der Waals surface area contributed by atoms with Crippen LogP contribution in [0.1, 0.15) is 65.6 Å². The maximum absolute atomic E-state index is 4.97. The first-order chi connectivity index (χ1) is 9.66. The van der Waals surface area contributed by atoms with E-state index in [0.29, 0.717) is 11.5 Å². The molecule has 0 amide bonds. The summed E-state index contributed by atoms with van der Waals surface area (Å²) in [5.74, 6) is 1.56. The summed E-state index contributed by atoms with van der Waals surface area (Å²) in [7, 11) is 0. The highest BCUT2D eigenvalue weighted by Crippen LogP contribution is 2.52. The van der Waals surface area contributed by atoms with Gasteiger partial charge in [-0.1, -0.05) is 41.5 Å². The Balaban J connectivity index is 1.91. The zero-order valence-corrected chi connectivity index (χ0v) is 14.3. The van der Waals surface area contributed by atoms with E-state index in [1.54, 1.807) is 0 Å². The summed E-state index contributed by atoms with van der Waals surface area (Å²) in [5, 5.41) is 0. The highest BCUT2D eigenvalue weighted by Gasteiger charge is 2.50. The molecule has 2 nitrogen and oxygen atoms in total. The van der Waals surface area contributed by atoms with E-state index in [2.05, 4.69) is 58.7 Å². The van der Waals surface area contributed by atoms with Gasteiger partial charge in [-0.3, -0.25) is 9.98 Å². The van der Waals surface area contributed by atoms with Crippen LogP contribution in [0.3, 0.4) is 0 Å². The van der Waals surface area contributed by atoms with Gasteiger partial charge in [0.2, 0.25) is 0 Å². The van der Waals surface area contributed by atoms with Gasteiger partial charge in [0.25, 0.3) is 0 Å². The third-order valence-electron chi connectivity index (χ3n) is 5.09. The molecule has 1 aromatic heterocycles. The average molecular weight is 284 g/mol. The van der Waals surface area contributed by atoms with Crippen molar-refractivity contribution in [3.05, 3.63) is 29.6 Å². The van der Waals surface area contributed by atoms with Gasteiger partial charge < -0.3 is 0 Å². The number of nitrogens with zero attached hydrogens (tertiary/aromatic N) is 2. The Morgan fingerprint density at radius 2 is 1.81 bits per heavy atom. The number of rotatable bonds is 1. The molecule has 2 aliphatic rings. The van der Waals surface area contributed by atoms with Crippen molar-refractivity contribution < 1.29 is 0 Å². The monoisotopic (exact) mass is 284 g/mol. The van der Waals surface area contributed by atoms with Crippen molar-refractivity contribution in [1.29, 1.82) is 0 Å². The molecule has 21 heavy (non-hydrogen) atoms. The predicted molar refractivity (Wildman–Crippen MR) is 88.9 cm³/mol. The largest absolute Gasteiger partial charge is 0.284 e. The summed E-state index contributed by atoms with van der Waals surface area (Å²) in [5.41, 5.74) is 4.21. The number of hydrogen-bond acceptors (Lipinski definition) is 2. The van der Waals surface area contributed by atoms with E-state index in [1.165, 1.54) is 17.7 Å². The van der Waals surface area contributed by atoms with Crippen LogP contribution in [-0.2, 0) is 5.41 Å². The molecule has 114 valence electrons. The zero-order valence-electron chi connectivity index (χ0n) is 14.3. The van der Waals surface area contributed by atoms with Crippen LogP contribution in [0.25, 0.3) is 0 Å². The Morgan fingerprint density at radius 3 is 2.43 bits per heavy atom. The molecule has 2 heterocycles. The van der Waals surface area contributed by atoms with Gasteiger partial charge in [-0.25, -0.2) is 0 Å². The van der Waals surface area contributed by atoms with Crippen LogP contribution >= 0.6 is 0 Å². The van der Waals surface area contributed by atoms with Gasteiger partial charge in [0.1, 0.15) is 0 Å². The van der Waals surface area contributed by atoms with E-state index in [0.717, 1.165) is 24.0 Å². The summed E-state index contributed by atoms with van der Waals surface area (Å²) >= 11 is 0. The topological polar surface area (TPSA) is 25.2 Å². The molecule has 1 saturated carbocycles. The molecule has 1 aliphatic heterocycles. The Hall–Kier alpha value is -1.18. The molecule has 1 aliphatic carbocycles. The molecule has 0 saturated heterocycles. The molecule has 2 heteroatoms. The lowest BCUT2D eigenvalue weighted by molar-refractivity contribution is 0.210. The molecule has 0 spiro atoms. The van der Waals surface area contributed by atoms with Gasteiger partial charge in [0, 0.05) is 6.20 Å². The number of pyridine rings is 1. The molecule has 1 aromatic rings. The SMILES string of the molecule is CC(C)(C)c1ccnc(C2=NC3CC3C(C(C)(C)C)C2)c1. The molecular formula is C19H28N2. The second-order valence-corrected chi connectivity index (χ2v) is 8.90. The normalized spacial score (nSPS) is 28.9. The highest BCUT2D eigenvalue weighted by molar-refractivity contribution is 6.00.